The molecule has 1 amide bonds. The van der Waals surface area contributed by atoms with Crippen molar-refractivity contribution >= 4 is 62.9 Å². The van der Waals surface area contributed by atoms with Crippen LogP contribution in [-0.4, -0.2) is 48.1 Å². The number of carbonyl (C=O) groups is 2. The van der Waals surface area contributed by atoms with Crippen LogP contribution in [0.25, 0.3) is 11.4 Å². The molecule has 0 radical (unpaired) electrons. The van der Waals surface area contributed by atoms with Gasteiger partial charge in [-0.2, -0.15) is 0 Å². The van der Waals surface area contributed by atoms with Crippen molar-refractivity contribution in [2.75, 3.05) is 11.5 Å². The highest BCUT2D eigenvalue weighted by Gasteiger charge is 2.49. The highest BCUT2D eigenvalue weighted by Crippen LogP contribution is 2.45. The van der Waals surface area contributed by atoms with Gasteiger partial charge in [-0.25, -0.2) is 4.98 Å². The van der Waals surface area contributed by atoms with Crippen LogP contribution in [0.5, 0.6) is 11.5 Å². The number of halogens is 1. The van der Waals surface area contributed by atoms with E-state index in [4.69, 9.17) is 16.3 Å². The molecule has 1 unspecified atom stereocenters. The molecular weight excluding hydrogens is 610 g/mol. The van der Waals surface area contributed by atoms with Crippen molar-refractivity contribution in [3.8, 4) is 11.5 Å². The van der Waals surface area contributed by atoms with Crippen molar-refractivity contribution in [1.82, 2.24) is 19.6 Å². The molecule has 4 heterocycles. The van der Waals surface area contributed by atoms with Gasteiger partial charge in [0.05, 0.1) is 23.9 Å². The second kappa shape index (κ2) is 11.7. The number of phenols is 1. The standard InChI is InChI=1S/C30H24ClN5O5S2/c1-3-41-21-14-18(9-12-20(21)37)25-23(26(38)24-16(2)32-22-6-4-5-13-35(22)24)27(39)28(40)36(25)29-33-34-30(43-29)42-15-17-7-10-19(31)11-8-17/h4-14,25,37-38H,3,15H2,1-2H3. The summed E-state index contributed by atoms with van der Waals surface area (Å²) in [5.41, 5.74) is 2.66. The Labute approximate surface area is 259 Å². The summed E-state index contributed by atoms with van der Waals surface area (Å²) in [6, 6.07) is 16.3. The number of aliphatic hydroxyl groups is 1. The number of aryl methyl sites for hydroxylation is 1. The van der Waals surface area contributed by atoms with Gasteiger partial charge < -0.3 is 14.9 Å². The number of pyridine rings is 1. The van der Waals surface area contributed by atoms with Gasteiger partial charge in [-0.1, -0.05) is 59.0 Å². The fourth-order valence-electron chi connectivity index (χ4n) is 4.93. The van der Waals surface area contributed by atoms with Gasteiger partial charge in [-0.15, -0.1) is 10.2 Å². The largest absolute Gasteiger partial charge is 0.505 e. The average Bonchev–Trinajstić information content (AvgIpc) is 3.67. The smallest absolute Gasteiger partial charge is 0.301 e. The van der Waals surface area contributed by atoms with E-state index in [0.717, 1.165) is 16.9 Å². The quantitative estimate of drug-likeness (QED) is 0.0677. The third-order valence-corrected chi connectivity index (χ3v) is 9.23. The Bertz CT molecular complexity index is 1900. The Morgan fingerprint density at radius 1 is 1.12 bits per heavy atom. The van der Waals surface area contributed by atoms with E-state index in [2.05, 4.69) is 15.2 Å². The molecule has 0 spiro atoms. The Morgan fingerprint density at radius 2 is 1.91 bits per heavy atom. The Kier molecular flexibility index (Phi) is 7.82. The first-order chi connectivity index (χ1) is 20.8. The van der Waals surface area contributed by atoms with Crippen molar-refractivity contribution in [1.29, 1.82) is 0 Å². The van der Waals surface area contributed by atoms with Gasteiger partial charge in [-0.3, -0.25) is 18.9 Å². The molecule has 1 aliphatic heterocycles. The van der Waals surface area contributed by atoms with E-state index in [-0.39, 0.29) is 34.6 Å². The maximum atomic E-state index is 13.7. The number of aromatic nitrogens is 4. The van der Waals surface area contributed by atoms with Crippen LogP contribution >= 0.6 is 34.7 Å². The number of phenolic OH excluding ortho intramolecular Hbond substituents is 1. The molecular formula is C30H24ClN5O5S2. The lowest BCUT2D eigenvalue weighted by Crippen LogP contribution is -2.29. The zero-order valence-corrected chi connectivity index (χ0v) is 25.3. The molecule has 13 heteroatoms. The van der Waals surface area contributed by atoms with Crippen LogP contribution in [0.4, 0.5) is 5.13 Å². The number of carbonyl (C=O) groups excluding carboxylic acids is 2. The van der Waals surface area contributed by atoms with Crippen molar-refractivity contribution in [2.45, 2.75) is 30.0 Å². The molecule has 1 atom stereocenters. The molecule has 1 aliphatic rings. The molecule has 5 aromatic rings. The molecule has 1 saturated heterocycles. The number of ketones is 1. The lowest BCUT2D eigenvalue weighted by Gasteiger charge is -2.23. The number of benzene rings is 2. The highest BCUT2D eigenvalue weighted by molar-refractivity contribution is 8.00. The molecule has 1 fully saturated rings. The SMILES string of the molecule is CCOc1cc(C2C(=C(O)c3c(C)nc4ccccn34)C(=O)C(=O)N2c2nnc(SCc3ccc(Cl)cc3)s2)ccc1O. The summed E-state index contributed by atoms with van der Waals surface area (Å²) in [5.74, 6) is -1.46. The Morgan fingerprint density at radius 3 is 2.67 bits per heavy atom. The van der Waals surface area contributed by atoms with Gasteiger partial charge >= 0.3 is 5.91 Å². The van der Waals surface area contributed by atoms with Crippen LogP contribution in [-0.2, 0) is 15.3 Å². The van der Waals surface area contributed by atoms with Crippen LogP contribution in [0.1, 0.15) is 35.5 Å². The zero-order valence-electron chi connectivity index (χ0n) is 22.9. The predicted molar refractivity (Wildman–Crippen MR) is 165 cm³/mol. The van der Waals surface area contributed by atoms with Crippen molar-refractivity contribution in [2.24, 2.45) is 0 Å². The number of hydrogen-bond acceptors (Lipinski definition) is 10. The summed E-state index contributed by atoms with van der Waals surface area (Å²) in [6.07, 6.45) is 1.72. The Balaban J connectivity index is 1.46. The normalized spacial score (nSPS) is 16.3. The summed E-state index contributed by atoms with van der Waals surface area (Å²) in [6.45, 7) is 3.77. The lowest BCUT2D eigenvalue weighted by molar-refractivity contribution is -0.132. The lowest BCUT2D eigenvalue weighted by atomic mass is 9.96. The minimum Gasteiger partial charge on any atom is -0.505 e. The molecule has 6 rings (SSSR count). The number of imidazole rings is 1. The molecule has 2 aromatic carbocycles. The summed E-state index contributed by atoms with van der Waals surface area (Å²) >= 11 is 8.58. The second-order valence-corrected chi connectivity index (χ2v) is 12.2. The summed E-state index contributed by atoms with van der Waals surface area (Å²) in [4.78, 5) is 33.1. The number of thioether (sulfide) groups is 1. The monoisotopic (exact) mass is 633 g/mol. The minimum atomic E-state index is -1.09. The van der Waals surface area contributed by atoms with Crippen LogP contribution in [0.3, 0.4) is 0 Å². The number of Topliss-reactive ketones (excluding diaryl/α,β-unsaturated/α-hetero) is 1. The first kappa shape index (κ1) is 28.7. The number of aliphatic hydroxyl groups excluding tert-OH is 1. The predicted octanol–water partition coefficient (Wildman–Crippen LogP) is 6.17. The van der Waals surface area contributed by atoms with Gasteiger partial charge in [-0.05, 0) is 61.4 Å². The van der Waals surface area contributed by atoms with Gasteiger partial charge in [0.1, 0.15) is 11.3 Å². The van der Waals surface area contributed by atoms with E-state index in [0.29, 0.717) is 37.7 Å². The second-order valence-electron chi connectivity index (χ2n) is 9.57. The number of anilines is 1. The Hall–Kier alpha value is -4.39. The van der Waals surface area contributed by atoms with E-state index in [1.165, 1.54) is 22.7 Å². The molecule has 0 saturated carbocycles. The minimum absolute atomic E-state index is 0.100. The van der Waals surface area contributed by atoms with Gasteiger partial charge in [0, 0.05) is 17.0 Å². The fourth-order valence-corrected chi connectivity index (χ4v) is 6.88. The van der Waals surface area contributed by atoms with Crippen LogP contribution in [0.2, 0.25) is 5.02 Å². The van der Waals surface area contributed by atoms with Gasteiger partial charge in [0.2, 0.25) is 5.13 Å². The first-order valence-corrected chi connectivity index (χ1v) is 15.4. The third kappa shape index (κ3) is 5.33. The zero-order chi connectivity index (χ0) is 30.2. The number of amides is 1. The average molecular weight is 634 g/mol. The number of nitrogens with zero attached hydrogens (tertiary/aromatic N) is 5. The van der Waals surface area contributed by atoms with E-state index in [1.807, 2.05) is 30.3 Å². The fraction of sp³-hybridized carbons (Fsp3) is 0.167. The van der Waals surface area contributed by atoms with E-state index in [1.54, 1.807) is 48.7 Å². The van der Waals surface area contributed by atoms with Crippen molar-refractivity contribution in [3.63, 3.8) is 0 Å². The van der Waals surface area contributed by atoms with Crippen LogP contribution in [0.15, 0.2) is 76.8 Å². The summed E-state index contributed by atoms with van der Waals surface area (Å²) in [5, 5.41) is 31.4. The summed E-state index contributed by atoms with van der Waals surface area (Å²) in [7, 11) is 0. The molecule has 0 bridgehead atoms. The van der Waals surface area contributed by atoms with Crippen molar-refractivity contribution < 1.29 is 24.5 Å². The van der Waals surface area contributed by atoms with E-state index < -0.39 is 17.7 Å². The van der Waals surface area contributed by atoms with Gasteiger partial charge in [0.25, 0.3) is 5.78 Å². The van der Waals surface area contributed by atoms with E-state index in [9.17, 15) is 19.8 Å². The van der Waals surface area contributed by atoms with Crippen LogP contribution < -0.4 is 9.64 Å². The molecule has 10 nitrogen and oxygen atoms in total. The molecule has 43 heavy (non-hydrogen) atoms. The van der Waals surface area contributed by atoms with Gasteiger partial charge in [0.15, 0.2) is 21.6 Å². The number of rotatable bonds is 8. The number of ether oxygens (including phenoxy) is 1. The number of fused-ring (bicyclic) bond motifs is 1. The number of hydrogen-bond donors (Lipinski definition) is 2. The first-order valence-electron chi connectivity index (χ1n) is 13.2. The topological polar surface area (TPSA) is 130 Å². The maximum absolute atomic E-state index is 13.7. The van der Waals surface area contributed by atoms with Crippen LogP contribution in [0, 0.1) is 6.92 Å². The molecule has 2 N–H and O–H groups in total. The third-order valence-electron chi connectivity index (χ3n) is 6.85. The summed E-state index contributed by atoms with van der Waals surface area (Å²) < 4.78 is 7.84. The highest BCUT2D eigenvalue weighted by atomic mass is 35.5. The molecule has 0 aliphatic carbocycles. The number of aromatic hydroxyl groups is 1. The molecule has 3 aromatic heterocycles. The van der Waals surface area contributed by atoms with Crippen molar-refractivity contribution in [3.05, 3.63) is 100.0 Å². The van der Waals surface area contributed by atoms with E-state index >= 15 is 0 Å². The molecule has 218 valence electrons. The maximum Gasteiger partial charge on any atom is 0.301 e.